The van der Waals surface area contributed by atoms with E-state index in [0.717, 1.165) is 28.6 Å². The lowest BCUT2D eigenvalue weighted by Gasteiger charge is -2.30. The highest BCUT2D eigenvalue weighted by Gasteiger charge is 2.41. The van der Waals surface area contributed by atoms with Gasteiger partial charge in [-0.2, -0.15) is 13.2 Å². The Morgan fingerprint density at radius 1 is 1.06 bits per heavy atom. The second kappa shape index (κ2) is 8.39. The van der Waals surface area contributed by atoms with Gasteiger partial charge in [0.1, 0.15) is 0 Å². The second-order valence-corrected chi connectivity index (χ2v) is 9.31. The average molecular weight is 472 g/mol. The molecule has 1 aliphatic heterocycles. The van der Waals surface area contributed by atoms with Crippen LogP contribution in [0.2, 0.25) is 0 Å². The largest absolute Gasteiger partial charge is 0.417 e. The molecular weight excluding hydrogens is 451 g/mol. The monoisotopic (exact) mass is 471 g/mol. The van der Waals surface area contributed by atoms with Crippen molar-refractivity contribution in [2.24, 2.45) is 11.8 Å². The summed E-state index contributed by atoms with van der Waals surface area (Å²) >= 11 is 1.39. The molecule has 0 radical (unpaired) electrons. The van der Waals surface area contributed by atoms with E-state index in [1.54, 1.807) is 0 Å². The van der Waals surface area contributed by atoms with E-state index in [4.69, 9.17) is 0 Å². The van der Waals surface area contributed by atoms with Gasteiger partial charge in [0.15, 0.2) is 10.9 Å². The number of amides is 1. The van der Waals surface area contributed by atoms with Crippen molar-refractivity contribution < 1.29 is 22.8 Å². The van der Waals surface area contributed by atoms with Crippen LogP contribution in [0.4, 0.5) is 18.3 Å². The van der Waals surface area contributed by atoms with Crippen LogP contribution in [-0.4, -0.2) is 29.8 Å². The van der Waals surface area contributed by atoms with E-state index >= 15 is 0 Å². The fourth-order valence-electron chi connectivity index (χ4n) is 4.60. The van der Waals surface area contributed by atoms with Crippen LogP contribution < -0.4 is 10.6 Å². The van der Waals surface area contributed by atoms with Crippen molar-refractivity contribution in [3.63, 3.8) is 0 Å². The van der Waals surface area contributed by atoms with E-state index in [-0.39, 0.29) is 12.5 Å². The Balaban J connectivity index is 1.37. The van der Waals surface area contributed by atoms with E-state index in [9.17, 15) is 22.8 Å². The minimum atomic E-state index is -4.65. The average Bonchev–Trinajstić information content (AvgIpc) is 3.35. The highest BCUT2D eigenvalue weighted by atomic mass is 32.1. The number of halogens is 3. The van der Waals surface area contributed by atoms with E-state index in [0.29, 0.717) is 18.1 Å². The molecule has 0 saturated carbocycles. The number of piperidine rings is 1. The lowest BCUT2D eigenvalue weighted by atomic mass is 9.79. The predicted octanol–water partition coefficient (Wildman–Crippen LogP) is 4.78. The Morgan fingerprint density at radius 2 is 1.82 bits per heavy atom. The van der Waals surface area contributed by atoms with E-state index in [1.165, 1.54) is 35.1 Å². The van der Waals surface area contributed by atoms with Crippen molar-refractivity contribution in [3.8, 4) is 11.3 Å². The van der Waals surface area contributed by atoms with Crippen molar-refractivity contribution >= 4 is 28.2 Å². The first-order valence-electron chi connectivity index (χ1n) is 10.6. The molecule has 2 aromatic carbocycles. The maximum atomic E-state index is 13.4. The number of carbonyl (C=O) groups excluding carboxylic acids is 2. The lowest BCUT2D eigenvalue weighted by Crippen LogP contribution is -2.46. The number of Topliss-reactive ketones (excluding diaryl/α,β-unsaturated/α-hetero) is 1. The van der Waals surface area contributed by atoms with Gasteiger partial charge in [-0.05, 0) is 24.6 Å². The molecule has 1 aliphatic carbocycles. The number of hydrogen-bond acceptors (Lipinski definition) is 5. The number of rotatable bonds is 4. The summed E-state index contributed by atoms with van der Waals surface area (Å²) in [5.74, 6) is -2.70. The van der Waals surface area contributed by atoms with Crippen molar-refractivity contribution in [2.45, 2.75) is 19.0 Å². The first-order valence-corrected chi connectivity index (χ1v) is 11.4. The van der Waals surface area contributed by atoms with Crippen molar-refractivity contribution in [1.29, 1.82) is 0 Å². The number of thiazole rings is 1. The van der Waals surface area contributed by atoms with Gasteiger partial charge in [-0.25, -0.2) is 4.98 Å². The maximum Gasteiger partial charge on any atom is 0.417 e. The number of ketones is 1. The summed E-state index contributed by atoms with van der Waals surface area (Å²) < 4.78 is 40.3. The Morgan fingerprint density at radius 3 is 2.64 bits per heavy atom. The van der Waals surface area contributed by atoms with Gasteiger partial charge in [-0.1, -0.05) is 42.5 Å². The van der Waals surface area contributed by atoms with Crippen LogP contribution in [0.3, 0.4) is 0 Å². The van der Waals surface area contributed by atoms with Gasteiger partial charge in [-0.3, -0.25) is 9.59 Å². The van der Waals surface area contributed by atoms with Gasteiger partial charge < -0.3 is 10.6 Å². The Bertz CT molecular complexity index is 1240. The molecule has 170 valence electrons. The minimum Gasteiger partial charge on any atom is -0.316 e. The molecule has 1 aromatic heterocycles. The van der Waals surface area contributed by atoms with Crippen LogP contribution in [0.1, 0.15) is 32.8 Å². The van der Waals surface area contributed by atoms with Crippen LogP contribution in [-0.2, 0) is 17.4 Å². The Kier molecular flexibility index (Phi) is 5.54. The highest BCUT2D eigenvalue weighted by Crippen LogP contribution is 2.41. The summed E-state index contributed by atoms with van der Waals surface area (Å²) in [5.41, 5.74) is 1.71. The second-order valence-electron chi connectivity index (χ2n) is 8.23. The third-order valence-corrected chi connectivity index (χ3v) is 7.18. The fourth-order valence-corrected chi connectivity index (χ4v) is 5.61. The number of carbonyl (C=O) groups is 2. The Hall–Kier alpha value is -3.04. The van der Waals surface area contributed by atoms with Crippen LogP contribution in [0.5, 0.6) is 0 Å². The summed E-state index contributed by atoms with van der Waals surface area (Å²) in [6, 6.07) is 12.7. The number of aromatic nitrogens is 1. The molecule has 0 bridgehead atoms. The molecule has 1 saturated heterocycles. The molecule has 2 heterocycles. The van der Waals surface area contributed by atoms with Crippen LogP contribution in [0.15, 0.2) is 48.5 Å². The van der Waals surface area contributed by atoms with E-state index < -0.39 is 34.9 Å². The molecule has 2 unspecified atom stereocenters. The third kappa shape index (κ3) is 4.06. The molecule has 1 amide bonds. The topological polar surface area (TPSA) is 71.1 Å². The van der Waals surface area contributed by atoms with Crippen molar-refractivity contribution in [2.75, 3.05) is 18.4 Å². The zero-order valence-electron chi connectivity index (χ0n) is 17.4. The number of fused-ring (bicyclic) bond motifs is 3. The van der Waals surface area contributed by atoms with Crippen molar-refractivity contribution in [1.82, 2.24) is 10.3 Å². The SMILES string of the molecule is O=C(Nc1nc2c(s1)Cc1ccccc1-2)C1CCNCC1C(=O)c1ccccc1C(F)(F)F. The predicted molar refractivity (Wildman–Crippen MR) is 119 cm³/mol. The van der Waals surface area contributed by atoms with Gasteiger partial charge in [0, 0.05) is 34.9 Å². The molecule has 2 aliphatic rings. The fraction of sp³-hybridized carbons (Fsp3) is 0.292. The number of alkyl halides is 3. The highest BCUT2D eigenvalue weighted by molar-refractivity contribution is 7.16. The molecule has 0 spiro atoms. The molecular formula is C24H20F3N3O2S. The molecule has 33 heavy (non-hydrogen) atoms. The lowest BCUT2D eigenvalue weighted by molar-refractivity contribution is -0.138. The summed E-state index contributed by atoms with van der Waals surface area (Å²) in [4.78, 5) is 31.9. The zero-order chi connectivity index (χ0) is 23.2. The molecule has 1 fully saturated rings. The normalized spacial score (nSPS) is 19.6. The number of nitrogens with one attached hydrogen (secondary N) is 2. The number of nitrogens with zero attached hydrogens (tertiary/aromatic N) is 1. The quantitative estimate of drug-likeness (QED) is 0.420. The van der Waals surface area contributed by atoms with Gasteiger partial charge >= 0.3 is 6.18 Å². The smallest absolute Gasteiger partial charge is 0.316 e. The number of anilines is 1. The van der Waals surface area contributed by atoms with Crippen LogP contribution in [0.25, 0.3) is 11.3 Å². The molecule has 5 rings (SSSR count). The van der Waals surface area contributed by atoms with Crippen LogP contribution in [0, 0.1) is 11.8 Å². The molecule has 3 aromatic rings. The maximum absolute atomic E-state index is 13.4. The third-order valence-electron chi connectivity index (χ3n) is 6.20. The minimum absolute atomic E-state index is 0.144. The van der Waals surface area contributed by atoms with E-state index in [1.807, 2.05) is 24.3 Å². The summed E-state index contributed by atoms with van der Waals surface area (Å²) in [7, 11) is 0. The summed E-state index contributed by atoms with van der Waals surface area (Å²) in [6.07, 6.45) is -3.55. The summed E-state index contributed by atoms with van der Waals surface area (Å²) in [5, 5.41) is 6.30. The zero-order valence-corrected chi connectivity index (χ0v) is 18.2. The summed E-state index contributed by atoms with van der Waals surface area (Å²) in [6.45, 7) is 0.648. The first-order chi connectivity index (χ1) is 15.8. The molecule has 5 nitrogen and oxygen atoms in total. The molecule has 2 atom stereocenters. The van der Waals surface area contributed by atoms with Gasteiger partial charge in [0.25, 0.3) is 0 Å². The first kappa shape index (κ1) is 21.8. The molecule has 2 N–H and O–H groups in total. The molecule has 9 heteroatoms. The van der Waals surface area contributed by atoms with Gasteiger partial charge in [-0.15, -0.1) is 11.3 Å². The van der Waals surface area contributed by atoms with Gasteiger partial charge in [0.05, 0.1) is 17.2 Å². The number of benzene rings is 2. The Labute approximate surface area is 192 Å². The standard InChI is InChI=1S/C24H20F3N3O2S/c25-24(26,27)18-8-4-3-7-16(18)21(31)17-12-28-10-9-15(17)22(32)30-23-29-20-14-6-2-1-5-13(14)11-19(20)33-23/h1-8,15,17,28H,9-12H2,(H,29,30,32). The number of hydrogen-bond donors (Lipinski definition) is 2. The van der Waals surface area contributed by atoms with E-state index in [2.05, 4.69) is 15.6 Å². The van der Waals surface area contributed by atoms with Crippen LogP contribution >= 0.6 is 11.3 Å². The van der Waals surface area contributed by atoms with Gasteiger partial charge in [0.2, 0.25) is 5.91 Å². The van der Waals surface area contributed by atoms with Crippen molar-refractivity contribution in [3.05, 3.63) is 70.1 Å².